The first-order valence-corrected chi connectivity index (χ1v) is 2.63. The van der Waals surface area contributed by atoms with E-state index in [2.05, 4.69) is 6.92 Å². The molecule has 2 heteroatoms. The molecule has 0 aliphatic rings. The molecule has 0 atom stereocenters. The Hall–Kier alpha value is 0.580. The average molecular weight is 143 g/mol. The maximum Gasteiger partial charge on any atom is 0.0388 e. The third-order valence-electron chi connectivity index (χ3n) is 0.841. The van der Waals surface area contributed by atoms with Crippen LogP contribution in [0.1, 0.15) is 27.2 Å². The van der Waals surface area contributed by atoms with E-state index in [-0.39, 0.29) is 17.3 Å². The lowest BCUT2D eigenvalue weighted by atomic mass is 10.1. The van der Waals surface area contributed by atoms with Crippen LogP contribution in [0, 0.1) is 0 Å². The lowest BCUT2D eigenvalue weighted by Gasteiger charge is -2.09. The molecule has 46 valence electrons. The highest BCUT2D eigenvalue weighted by Gasteiger charge is 2.06. The van der Waals surface area contributed by atoms with Crippen molar-refractivity contribution >= 4 is 24.0 Å². The molecule has 0 fully saturated rings. The van der Waals surface area contributed by atoms with E-state index in [9.17, 15) is 0 Å². The van der Waals surface area contributed by atoms with E-state index in [0.29, 0.717) is 0 Å². The Morgan fingerprint density at radius 1 is 1.43 bits per heavy atom. The van der Waals surface area contributed by atoms with Crippen molar-refractivity contribution in [3.8, 4) is 0 Å². The molecule has 7 heavy (non-hydrogen) atoms. The second-order valence-electron chi connectivity index (χ2n) is 2.07. The van der Waals surface area contributed by atoms with Gasteiger partial charge in [0.2, 0.25) is 0 Å². The minimum atomic E-state index is 0. The van der Waals surface area contributed by atoms with Crippen LogP contribution in [0.3, 0.4) is 0 Å². The molecular weight excluding hydrogens is 131 g/mol. The van der Waals surface area contributed by atoms with Gasteiger partial charge in [0.25, 0.3) is 0 Å². The van der Waals surface area contributed by atoms with Crippen molar-refractivity contribution in [3.63, 3.8) is 0 Å². The fraction of sp³-hybridized carbons (Fsp3) is 1.00. The molecule has 0 saturated carbocycles. The SMILES string of the molecule is CCC(C)(C)Cl.Cl. The Labute approximate surface area is 56.7 Å². The van der Waals surface area contributed by atoms with Crippen LogP contribution in [0.4, 0.5) is 0 Å². The molecule has 0 spiro atoms. The van der Waals surface area contributed by atoms with Gasteiger partial charge in [0.1, 0.15) is 0 Å². The maximum atomic E-state index is 5.72. The van der Waals surface area contributed by atoms with Gasteiger partial charge in [-0.25, -0.2) is 0 Å². The van der Waals surface area contributed by atoms with E-state index in [1.807, 2.05) is 13.8 Å². The van der Waals surface area contributed by atoms with Gasteiger partial charge in [-0.05, 0) is 20.3 Å². The Morgan fingerprint density at radius 3 is 1.57 bits per heavy atom. The molecule has 0 amide bonds. The highest BCUT2D eigenvalue weighted by molar-refractivity contribution is 6.23. The van der Waals surface area contributed by atoms with Crippen LogP contribution < -0.4 is 0 Å². The predicted octanol–water partition coefficient (Wildman–Crippen LogP) is 2.84. The van der Waals surface area contributed by atoms with Crippen molar-refractivity contribution in [3.05, 3.63) is 0 Å². The molecule has 0 saturated heterocycles. The minimum absolute atomic E-state index is 0. The fourth-order valence-electron chi connectivity index (χ4n) is 0. The van der Waals surface area contributed by atoms with Gasteiger partial charge in [-0.2, -0.15) is 0 Å². The molecule has 0 N–H and O–H groups in total. The first-order chi connectivity index (χ1) is 2.56. The normalized spacial score (nSPS) is 10.3. The van der Waals surface area contributed by atoms with Crippen LogP contribution in [0.5, 0.6) is 0 Å². The summed E-state index contributed by atoms with van der Waals surface area (Å²) in [7, 11) is 0. The standard InChI is InChI=1S/C5H11Cl.ClH/c1-4-5(2,3)6;/h4H2,1-3H3;1H. The Kier molecular flexibility index (Phi) is 5.37. The lowest BCUT2D eigenvalue weighted by molar-refractivity contribution is 0.671. The van der Waals surface area contributed by atoms with Gasteiger partial charge in [0.05, 0.1) is 0 Å². The second kappa shape index (κ2) is 3.57. The zero-order chi connectivity index (χ0) is 5.21. The van der Waals surface area contributed by atoms with E-state index in [1.165, 1.54) is 0 Å². The highest BCUT2D eigenvalue weighted by Crippen LogP contribution is 2.15. The summed E-state index contributed by atoms with van der Waals surface area (Å²) in [6, 6.07) is 0. The molecule has 0 aromatic heterocycles. The van der Waals surface area contributed by atoms with Crippen molar-refractivity contribution in [2.45, 2.75) is 32.1 Å². The largest absolute Gasteiger partial charge is 0.147 e. The van der Waals surface area contributed by atoms with Crippen molar-refractivity contribution in [2.75, 3.05) is 0 Å². The van der Waals surface area contributed by atoms with Crippen molar-refractivity contribution in [1.82, 2.24) is 0 Å². The monoisotopic (exact) mass is 142 g/mol. The quantitative estimate of drug-likeness (QED) is 0.495. The molecule has 0 unspecified atom stereocenters. The zero-order valence-electron chi connectivity index (χ0n) is 4.99. The van der Waals surface area contributed by atoms with Gasteiger partial charge in [-0.1, -0.05) is 6.92 Å². The first kappa shape index (κ1) is 10.5. The molecule has 0 rings (SSSR count). The van der Waals surface area contributed by atoms with Gasteiger partial charge < -0.3 is 0 Å². The Bertz CT molecular complexity index is 35.8. The van der Waals surface area contributed by atoms with Crippen LogP contribution >= 0.6 is 24.0 Å². The molecule has 0 aliphatic heterocycles. The van der Waals surface area contributed by atoms with Gasteiger partial charge in [-0.15, -0.1) is 24.0 Å². The summed E-state index contributed by atoms with van der Waals surface area (Å²) in [5, 5.41) is 0. The molecular formula is C5H12Cl2. The van der Waals surface area contributed by atoms with Crippen LogP contribution in [0.2, 0.25) is 0 Å². The third kappa shape index (κ3) is 10.8. The second-order valence-corrected chi connectivity index (χ2v) is 3.10. The third-order valence-corrected chi connectivity index (χ3v) is 1.11. The minimum Gasteiger partial charge on any atom is -0.147 e. The number of rotatable bonds is 1. The smallest absolute Gasteiger partial charge is 0.0388 e. The van der Waals surface area contributed by atoms with Crippen LogP contribution in [-0.4, -0.2) is 4.87 Å². The van der Waals surface area contributed by atoms with Crippen molar-refractivity contribution < 1.29 is 0 Å². The summed E-state index contributed by atoms with van der Waals surface area (Å²) in [4.78, 5) is 0.0139. The number of alkyl halides is 1. The highest BCUT2D eigenvalue weighted by atomic mass is 35.5. The average Bonchev–Trinajstić information content (AvgIpc) is 1.35. The Balaban J connectivity index is 0. The summed E-state index contributed by atoms with van der Waals surface area (Å²) in [6.45, 7) is 6.09. The summed E-state index contributed by atoms with van der Waals surface area (Å²) >= 11 is 5.72. The summed E-state index contributed by atoms with van der Waals surface area (Å²) in [5.41, 5.74) is 0. The number of hydrogen-bond donors (Lipinski definition) is 0. The van der Waals surface area contributed by atoms with E-state index < -0.39 is 0 Å². The fourth-order valence-corrected chi connectivity index (χ4v) is 0. The molecule has 0 aliphatic carbocycles. The van der Waals surface area contributed by atoms with Crippen LogP contribution in [0.25, 0.3) is 0 Å². The van der Waals surface area contributed by atoms with E-state index in [1.54, 1.807) is 0 Å². The summed E-state index contributed by atoms with van der Waals surface area (Å²) in [6.07, 6.45) is 1.04. The van der Waals surface area contributed by atoms with Crippen molar-refractivity contribution in [2.24, 2.45) is 0 Å². The predicted molar refractivity (Wildman–Crippen MR) is 37.5 cm³/mol. The number of halogens is 2. The van der Waals surface area contributed by atoms with E-state index in [4.69, 9.17) is 11.6 Å². The summed E-state index contributed by atoms with van der Waals surface area (Å²) in [5.74, 6) is 0. The van der Waals surface area contributed by atoms with Gasteiger partial charge in [-0.3, -0.25) is 0 Å². The van der Waals surface area contributed by atoms with Crippen molar-refractivity contribution in [1.29, 1.82) is 0 Å². The van der Waals surface area contributed by atoms with Gasteiger partial charge >= 0.3 is 0 Å². The zero-order valence-corrected chi connectivity index (χ0v) is 6.57. The van der Waals surface area contributed by atoms with Crippen LogP contribution in [0.15, 0.2) is 0 Å². The van der Waals surface area contributed by atoms with Crippen LogP contribution in [-0.2, 0) is 0 Å². The Morgan fingerprint density at radius 2 is 1.57 bits per heavy atom. The summed E-state index contributed by atoms with van der Waals surface area (Å²) < 4.78 is 0. The van der Waals surface area contributed by atoms with Gasteiger partial charge in [0.15, 0.2) is 0 Å². The molecule has 0 nitrogen and oxygen atoms in total. The topological polar surface area (TPSA) is 0 Å². The molecule has 0 radical (unpaired) electrons. The first-order valence-electron chi connectivity index (χ1n) is 2.25. The van der Waals surface area contributed by atoms with E-state index in [0.717, 1.165) is 6.42 Å². The lowest BCUT2D eigenvalue weighted by Crippen LogP contribution is -2.05. The van der Waals surface area contributed by atoms with E-state index >= 15 is 0 Å². The maximum absolute atomic E-state index is 5.72. The molecule has 0 heterocycles. The molecule has 0 aromatic carbocycles. The number of hydrogen-bond acceptors (Lipinski definition) is 0. The van der Waals surface area contributed by atoms with Gasteiger partial charge in [0, 0.05) is 4.87 Å². The molecule has 0 aromatic rings. The molecule has 0 bridgehead atoms.